The molecule has 0 aromatic carbocycles. The van der Waals surface area contributed by atoms with Crippen molar-refractivity contribution in [2.75, 3.05) is 5.32 Å². The molecule has 2 rings (SSSR count). The Kier molecular flexibility index (Phi) is 4.10. The Labute approximate surface area is 108 Å². The first-order chi connectivity index (χ1) is 8.79. The molecule has 92 valence electrons. The van der Waals surface area contributed by atoms with E-state index in [9.17, 15) is 4.79 Å². The van der Waals surface area contributed by atoms with Gasteiger partial charge in [-0.05, 0) is 24.3 Å². The molecule has 0 aliphatic heterocycles. The summed E-state index contributed by atoms with van der Waals surface area (Å²) in [6.45, 7) is 0. The fourth-order valence-corrected chi connectivity index (χ4v) is 2.30. The highest BCUT2D eigenvalue weighted by atomic mass is 32.1. The number of amides is 1. The van der Waals surface area contributed by atoms with Gasteiger partial charge in [0.15, 0.2) is 0 Å². The Hall–Kier alpha value is -2.13. The van der Waals surface area contributed by atoms with Crippen molar-refractivity contribution in [3.05, 3.63) is 34.2 Å². The van der Waals surface area contributed by atoms with E-state index in [1.807, 2.05) is 17.5 Å². The van der Waals surface area contributed by atoms with Crippen molar-refractivity contribution in [2.45, 2.75) is 19.3 Å². The summed E-state index contributed by atoms with van der Waals surface area (Å²) in [4.78, 5) is 12.9. The van der Waals surface area contributed by atoms with E-state index in [0.29, 0.717) is 17.8 Å². The van der Waals surface area contributed by atoms with Crippen LogP contribution < -0.4 is 5.32 Å². The molecule has 5 nitrogen and oxygen atoms in total. The zero-order chi connectivity index (χ0) is 12.8. The van der Waals surface area contributed by atoms with E-state index >= 15 is 0 Å². The summed E-state index contributed by atoms with van der Waals surface area (Å²) in [7, 11) is 0. The topological polar surface area (TPSA) is 81.6 Å². The van der Waals surface area contributed by atoms with Gasteiger partial charge in [-0.25, -0.2) is 0 Å². The van der Waals surface area contributed by atoms with E-state index in [2.05, 4.69) is 21.6 Å². The average molecular weight is 260 g/mol. The summed E-state index contributed by atoms with van der Waals surface area (Å²) in [5, 5.41) is 19.7. The molecule has 18 heavy (non-hydrogen) atoms. The van der Waals surface area contributed by atoms with Crippen LogP contribution in [0.5, 0.6) is 0 Å². The molecule has 0 bridgehead atoms. The molecule has 0 aliphatic carbocycles. The van der Waals surface area contributed by atoms with Crippen LogP contribution in [0, 0.1) is 11.3 Å². The lowest BCUT2D eigenvalue weighted by molar-refractivity contribution is -0.116. The molecular formula is C12H12N4OS. The van der Waals surface area contributed by atoms with Gasteiger partial charge in [0.25, 0.3) is 0 Å². The molecule has 0 spiro atoms. The summed E-state index contributed by atoms with van der Waals surface area (Å²) < 4.78 is 0. The van der Waals surface area contributed by atoms with Gasteiger partial charge < -0.3 is 5.32 Å². The molecule has 0 aliphatic rings. The quantitative estimate of drug-likeness (QED) is 0.865. The van der Waals surface area contributed by atoms with Crippen LogP contribution in [0.15, 0.2) is 23.7 Å². The second-order valence-electron chi connectivity index (χ2n) is 3.75. The smallest absolute Gasteiger partial charge is 0.225 e. The third-order valence-corrected chi connectivity index (χ3v) is 3.37. The number of thiophene rings is 1. The maximum atomic E-state index is 11.6. The summed E-state index contributed by atoms with van der Waals surface area (Å²) in [6.07, 6.45) is 3.52. The standard InChI is InChI=1S/C12H12N4OS/c13-7-9-8-14-16-12(9)15-11(17)5-1-3-10-4-2-6-18-10/h2,4,6,8H,1,3,5H2,(H2,14,15,16,17). The van der Waals surface area contributed by atoms with Crippen LogP contribution in [0.3, 0.4) is 0 Å². The molecule has 2 heterocycles. The van der Waals surface area contributed by atoms with Crippen LogP contribution in [-0.4, -0.2) is 16.1 Å². The zero-order valence-corrected chi connectivity index (χ0v) is 10.5. The first kappa shape index (κ1) is 12.3. The lowest BCUT2D eigenvalue weighted by Gasteiger charge is -2.02. The third kappa shape index (κ3) is 3.18. The van der Waals surface area contributed by atoms with Crippen LogP contribution in [0.4, 0.5) is 5.82 Å². The van der Waals surface area contributed by atoms with Gasteiger partial charge in [0, 0.05) is 11.3 Å². The van der Waals surface area contributed by atoms with E-state index < -0.39 is 0 Å². The molecule has 0 fully saturated rings. The van der Waals surface area contributed by atoms with Gasteiger partial charge in [0.2, 0.25) is 5.91 Å². The van der Waals surface area contributed by atoms with Crippen LogP contribution >= 0.6 is 11.3 Å². The van der Waals surface area contributed by atoms with Crippen molar-refractivity contribution in [1.29, 1.82) is 5.26 Å². The van der Waals surface area contributed by atoms with Crippen molar-refractivity contribution < 1.29 is 4.79 Å². The molecule has 0 atom stereocenters. The second kappa shape index (κ2) is 5.98. The van der Waals surface area contributed by atoms with Gasteiger partial charge in [-0.2, -0.15) is 10.4 Å². The molecule has 0 saturated carbocycles. The largest absolute Gasteiger partial charge is 0.310 e. The number of anilines is 1. The number of aryl methyl sites for hydroxylation is 1. The summed E-state index contributed by atoms with van der Waals surface area (Å²) in [6, 6.07) is 6.02. The van der Waals surface area contributed by atoms with E-state index in [4.69, 9.17) is 5.26 Å². The predicted octanol–water partition coefficient (Wildman–Crippen LogP) is 2.30. The maximum Gasteiger partial charge on any atom is 0.225 e. The highest BCUT2D eigenvalue weighted by molar-refractivity contribution is 7.09. The first-order valence-electron chi connectivity index (χ1n) is 5.55. The number of H-pyrrole nitrogens is 1. The normalized spacial score (nSPS) is 9.94. The number of nitrogens with one attached hydrogen (secondary N) is 2. The minimum atomic E-state index is -0.104. The van der Waals surface area contributed by atoms with Crippen molar-refractivity contribution in [2.24, 2.45) is 0 Å². The van der Waals surface area contributed by atoms with Crippen molar-refractivity contribution in [3.63, 3.8) is 0 Å². The van der Waals surface area contributed by atoms with Crippen LogP contribution in [-0.2, 0) is 11.2 Å². The maximum absolute atomic E-state index is 11.6. The van der Waals surface area contributed by atoms with Crippen LogP contribution in [0.1, 0.15) is 23.3 Å². The fraction of sp³-hybridized carbons (Fsp3) is 0.250. The number of rotatable bonds is 5. The van der Waals surface area contributed by atoms with E-state index in [1.54, 1.807) is 11.3 Å². The zero-order valence-electron chi connectivity index (χ0n) is 9.64. The van der Waals surface area contributed by atoms with E-state index in [0.717, 1.165) is 12.8 Å². The van der Waals surface area contributed by atoms with Gasteiger partial charge >= 0.3 is 0 Å². The number of hydrogen-bond donors (Lipinski definition) is 2. The molecular weight excluding hydrogens is 248 g/mol. The average Bonchev–Trinajstić information content (AvgIpc) is 3.00. The van der Waals surface area contributed by atoms with Crippen molar-refractivity contribution in [3.8, 4) is 6.07 Å². The van der Waals surface area contributed by atoms with Gasteiger partial charge in [-0.15, -0.1) is 11.3 Å². The van der Waals surface area contributed by atoms with E-state index in [1.165, 1.54) is 11.1 Å². The highest BCUT2D eigenvalue weighted by Crippen LogP contribution is 2.13. The van der Waals surface area contributed by atoms with Crippen LogP contribution in [0.25, 0.3) is 0 Å². The van der Waals surface area contributed by atoms with Gasteiger partial charge in [0.1, 0.15) is 17.5 Å². The Bertz CT molecular complexity index is 553. The molecule has 2 N–H and O–H groups in total. The Morgan fingerprint density at radius 2 is 2.50 bits per heavy atom. The summed E-state index contributed by atoms with van der Waals surface area (Å²) in [5.74, 6) is 0.269. The lowest BCUT2D eigenvalue weighted by Crippen LogP contribution is -2.12. The summed E-state index contributed by atoms with van der Waals surface area (Å²) in [5.41, 5.74) is 0.349. The van der Waals surface area contributed by atoms with Gasteiger partial charge in [0.05, 0.1) is 6.20 Å². The monoisotopic (exact) mass is 260 g/mol. The molecule has 2 aromatic heterocycles. The molecule has 1 amide bonds. The molecule has 0 unspecified atom stereocenters. The van der Waals surface area contributed by atoms with Gasteiger partial charge in [-0.1, -0.05) is 6.07 Å². The van der Waals surface area contributed by atoms with E-state index in [-0.39, 0.29) is 5.91 Å². The SMILES string of the molecule is N#Cc1cn[nH]c1NC(=O)CCCc1cccs1. The minimum Gasteiger partial charge on any atom is -0.310 e. The third-order valence-electron chi connectivity index (χ3n) is 2.43. The number of aromatic amines is 1. The van der Waals surface area contributed by atoms with Crippen molar-refractivity contribution in [1.82, 2.24) is 10.2 Å². The molecule has 0 radical (unpaired) electrons. The molecule has 2 aromatic rings. The van der Waals surface area contributed by atoms with Crippen LogP contribution in [0.2, 0.25) is 0 Å². The lowest BCUT2D eigenvalue weighted by atomic mass is 10.2. The number of nitriles is 1. The second-order valence-corrected chi connectivity index (χ2v) is 4.78. The number of carbonyl (C=O) groups is 1. The highest BCUT2D eigenvalue weighted by Gasteiger charge is 2.08. The Morgan fingerprint density at radius 1 is 1.61 bits per heavy atom. The Morgan fingerprint density at radius 3 is 3.22 bits per heavy atom. The number of hydrogen-bond acceptors (Lipinski definition) is 4. The molecule has 0 saturated heterocycles. The fourth-order valence-electron chi connectivity index (χ4n) is 1.55. The predicted molar refractivity (Wildman–Crippen MR) is 69.2 cm³/mol. The molecule has 6 heteroatoms. The van der Waals surface area contributed by atoms with Gasteiger partial charge in [-0.3, -0.25) is 9.89 Å². The minimum absolute atomic E-state index is 0.104. The number of carbonyl (C=O) groups excluding carboxylic acids is 1. The van der Waals surface area contributed by atoms with Crippen molar-refractivity contribution >= 4 is 23.1 Å². The number of aromatic nitrogens is 2. The summed E-state index contributed by atoms with van der Waals surface area (Å²) >= 11 is 1.70. The Balaban J connectivity index is 1.77. The number of nitrogens with zero attached hydrogens (tertiary/aromatic N) is 2. The first-order valence-corrected chi connectivity index (χ1v) is 6.43.